The lowest BCUT2D eigenvalue weighted by Crippen LogP contribution is -2.43. The summed E-state index contributed by atoms with van der Waals surface area (Å²) in [7, 11) is 1.57. The molecule has 2 aromatic carbocycles. The highest BCUT2D eigenvalue weighted by atomic mass is 79.9. The third kappa shape index (κ3) is 6.80. The normalized spacial score (nSPS) is 10.6. The van der Waals surface area contributed by atoms with Crippen LogP contribution in [-0.2, 0) is 22.6 Å². The monoisotopic (exact) mass is 484 g/mol. The standard InChI is InChI=1S/C24H25BrN2O4/c1-30-14-12-26(24(29)20-9-5-10-21(25)15-20)18-23(28)27(17-22-11-6-13-31-22)16-19-7-3-2-4-8-19/h2-11,13,15H,12,14,16-18H2,1H3. The molecule has 1 heterocycles. The van der Waals surface area contributed by atoms with Crippen LogP contribution in [0.1, 0.15) is 21.7 Å². The van der Waals surface area contributed by atoms with Crippen LogP contribution < -0.4 is 0 Å². The molecule has 0 saturated heterocycles. The van der Waals surface area contributed by atoms with Gasteiger partial charge in [-0.15, -0.1) is 0 Å². The molecule has 3 aromatic rings. The van der Waals surface area contributed by atoms with E-state index in [4.69, 9.17) is 9.15 Å². The lowest BCUT2D eigenvalue weighted by molar-refractivity contribution is -0.133. The van der Waals surface area contributed by atoms with E-state index in [9.17, 15) is 9.59 Å². The smallest absolute Gasteiger partial charge is 0.254 e. The fraction of sp³-hybridized carbons (Fsp3) is 0.250. The molecule has 0 aliphatic heterocycles. The molecule has 0 aliphatic carbocycles. The Morgan fingerprint density at radius 1 is 0.968 bits per heavy atom. The third-order valence-corrected chi connectivity index (χ3v) is 5.24. The molecular weight excluding hydrogens is 460 g/mol. The van der Waals surface area contributed by atoms with Crippen molar-refractivity contribution in [3.05, 3.63) is 94.4 Å². The predicted octanol–water partition coefficient (Wildman–Crippen LogP) is 4.36. The Morgan fingerprint density at radius 3 is 2.45 bits per heavy atom. The summed E-state index contributed by atoms with van der Waals surface area (Å²) in [5, 5.41) is 0. The van der Waals surface area contributed by atoms with Crippen LogP contribution in [0.25, 0.3) is 0 Å². The number of ether oxygens (including phenoxy) is 1. The van der Waals surface area contributed by atoms with Crippen molar-refractivity contribution in [2.24, 2.45) is 0 Å². The summed E-state index contributed by atoms with van der Waals surface area (Å²) < 4.78 is 11.4. The third-order valence-electron chi connectivity index (χ3n) is 4.75. The molecule has 162 valence electrons. The van der Waals surface area contributed by atoms with Crippen molar-refractivity contribution in [3.63, 3.8) is 0 Å². The summed E-state index contributed by atoms with van der Waals surface area (Å²) in [6, 6.07) is 20.5. The number of carbonyl (C=O) groups is 2. The molecule has 0 unspecified atom stereocenters. The van der Waals surface area contributed by atoms with Crippen molar-refractivity contribution in [1.29, 1.82) is 0 Å². The number of rotatable bonds is 10. The number of benzene rings is 2. The highest BCUT2D eigenvalue weighted by molar-refractivity contribution is 9.10. The zero-order chi connectivity index (χ0) is 22.1. The Kier molecular flexibility index (Phi) is 8.44. The zero-order valence-corrected chi connectivity index (χ0v) is 19.0. The predicted molar refractivity (Wildman–Crippen MR) is 121 cm³/mol. The van der Waals surface area contributed by atoms with Gasteiger partial charge >= 0.3 is 0 Å². The molecule has 0 saturated carbocycles. The summed E-state index contributed by atoms with van der Waals surface area (Å²) in [5.41, 5.74) is 1.52. The quantitative estimate of drug-likeness (QED) is 0.428. The number of hydrogen-bond acceptors (Lipinski definition) is 4. The summed E-state index contributed by atoms with van der Waals surface area (Å²) in [6.45, 7) is 1.34. The summed E-state index contributed by atoms with van der Waals surface area (Å²) in [4.78, 5) is 29.6. The van der Waals surface area contributed by atoms with Gasteiger partial charge < -0.3 is 19.0 Å². The molecule has 2 amide bonds. The van der Waals surface area contributed by atoms with E-state index in [-0.39, 0.29) is 18.4 Å². The van der Waals surface area contributed by atoms with Gasteiger partial charge in [-0.2, -0.15) is 0 Å². The van der Waals surface area contributed by atoms with Crippen LogP contribution >= 0.6 is 15.9 Å². The summed E-state index contributed by atoms with van der Waals surface area (Å²) >= 11 is 3.40. The SMILES string of the molecule is COCCN(CC(=O)N(Cc1ccccc1)Cc1ccco1)C(=O)c1cccc(Br)c1. The van der Waals surface area contributed by atoms with E-state index in [2.05, 4.69) is 15.9 Å². The number of hydrogen-bond donors (Lipinski definition) is 0. The van der Waals surface area contributed by atoms with Gasteiger partial charge in [-0.1, -0.05) is 52.3 Å². The van der Waals surface area contributed by atoms with E-state index in [0.717, 1.165) is 10.0 Å². The van der Waals surface area contributed by atoms with Crippen molar-refractivity contribution in [1.82, 2.24) is 9.80 Å². The fourth-order valence-corrected chi connectivity index (χ4v) is 3.55. The number of methoxy groups -OCH3 is 1. The first kappa shape index (κ1) is 22.8. The summed E-state index contributed by atoms with van der Waals surface area (Å²) in [5.74, 6) is 0.301. The highest BCUT2D eigenvalue weighted by Crippen LogP contribution is 2.15. The van der Waals surface area contributed by atoms with Gasteiger partial charge in [0.1, 0.15) is 12.3 Å². The van der Waals surface area contributed by atoms with Crippen LogP contribution in [0, 0.1) is 0 Å². The minimum Gasteiger partial charge on any atom is -0.467 e. The van der Waals surface area contributed by atoms with Crippen LogP contribution in [0.5, 0.6) is 0 Å². The Balaban J connectivity index is 1.78. The van der Waals surface area contributed by atoms with Crippen LogP contribution in [0.2, 0.25) is 0 Å². The van der Waals surface area contributed by atoms with Crippen molar-refractivity contribution < 1.29 is 18.7 Å². The van der Waals surface area contributed by atoms with Crippen LogP contribution in [0.4, 0.5) is 0 Å². The molecule has 0 spiro atoms. The van der Waals surface area contributed by atoms with Gasteiger partial charge in [-0.3, -0.25) is 9.59 Å². The fourth-order valence-electron chi connectivity index (χ4n) is 3.15. The first-order chi connectivity index (χ1) is 15.1. The van der Waals surface area contributed by atoms with Crippen LogP contribution in [0.3, 0.4) is 0 Å². The van der Waals surface area contributed by atoms with Crippen molar-refractivity contribution in [2.45, 2.75) is 13.1 Å². The average Bonchev–Trinajstić information content (AvgIpc) is 3.29. The van der Waals surface area contributed by atoms with Crippen molar-refractivity contribution in [3.8, 4) is 0 Å². The summed E-state index contributed by atoms with van der Waals surface area (Å²) in [6.07, 6.45) is 1.59. The number of furan rings is 1. The number of amides is 2. The van der Waals surface area contributed by atoms with Gasteiger partial charge in [-0.05, 0) is 35.9 Å². The molecule has 3 rings (SSSR count). The van der Waals surface area contributed by atoms with E-state index >= 15 is 0 Å². The number of carbonyl (C=O) groups excluding carboxylic acids is 2. The van der Waals surface area contributed by atoms with Crippen molar-refractivity contribution >= 4 is 27.7 Å². The van der Waals surface area contributed by atoms with Gasteiger partial charge in [0.2, 0.25) is 5.91 Å². The molecule has 1 aromatic heterocycles. The molecule has 7 heteroatoms. The highest BCUT2D eigenvalue weighted by Gasteiger charge is 2.23. The minimum absolute atomic E-state index is 0.0533. The van der Waals surface area contributed by atoms with E-state index < -0.39 is 0 Å². The molecular formula is C24H25BrN2O4. The van der Waals surface area contributed by atoms with Gasteiger partial charge in [0.15, 0.2) is 0 Å². The lowest BCUT2D eigenvalue weighted by Gasteiger charge is -2.27. The number of nitrogens with zero attached hydrogens (tertiary/aromatic N) is 2. The first-order valence-electron chi connectivity index (χ1n) is 9.94. The largest absolute Gasteiger partial charge is 0.467 e. The second kappa shape index (κ2) is 11.5. The van der Waals surface area contributed by atoms with Crippen LogP contribution in [0.15, 0.2) is 81.9 Å². The molecule has 0 fully saturated rings. The second-order valence-electron chi connectivity index (χ2n) is 7.04. The van der Waals surface area contributed by atoms with E-state index in [0.29, 0.717) is 37.6 Å². The zero-order valence-electron chi connectivity index (χ0n) is 17.4. The maximum absolute atomic E-state index is 13.3. The molecule has 6 nitrogen and oxygen atoms in total. The van der Waals surface area contributed by atoms with Gasteiger partial charge in [-0.25, -0.2) is 0 Å². The molecule has 0 aliphatic rings. The second-order valence-corrected chi connectivity index (χ2v) is 7.96. The Morgan fingerprint density at radius 2 is 1.77 bits per heavy atom. The minimum atomic E-state index is -0.218. The van der Waals surface area contributed by atoms with Crippen LogP contribution in [-0.4, -0.2) is 48.4 Å². The first-order valence-corrected chi connectivity index (χ1v) is 10.7. The van der Waals surface area contributed by atoms with Gasteiger partial charge in [0.25, 0.3) is 5.91 Å². The van der Waals surface area contributed by atoms with Gasteiger partial charge in [0.05, 0.1) is 19.4 Å². The Bertz CT molecular complexity index is 976. The van der Waals surface area contributed by atoms with E-state index in [1.165, 1.54) is 4.90 Å². The molecule has 0 radical (unpaired) electrons. The molecule has 0 bridgehead atoms. The number of halogens is 1. The molecule has 0 N–H and O–H groups in total. The Labute approximate surface area is 190 Å². The maximum atomic E-state index is 13.3. The topological polar surface area (TPSA) is 63.0 Å². The Hall–Kier alpha value is -2.90. The molecule has 0 atom stereocenters. The van der Waals surface area contributed by atoms with Crippen molar-refractivity contribution in [2.75, 3.05) is 26.8 Å². The van der Waals surface area contributed by atoms with Gasteiger partial charge in [0, 0.05) is 30.2 Å². The van der Waals surface area contributed by atoms with E-state index in [1.54, 1.807) is 42.5 Å². The average molecular weight is 485 g/mol. The molecule has 31 heavy (non-hydrogen) atoms. The lowest BCUT2D eigenvalue weighted by atomic mass is 10.2. The maximum Gasteiger partial charge on any atom is 0.254 e. The van der Waals surface area contributed by atoms with E-state index in [1.807, 2.05) is 42.5 Å².